The third-order valence-electron chi connectivity index (χ3n) is 5.03. The average molecular weight is 302 g/mol. The first kappa shape index (κ1) is 15.6. The van der Waals surface area contributed by atoms with Crippen LogP contribution in [0.4, 0.5) is 0 Å². The Hall–Kier alpha value is -1.33. The Morgan fingerprint density at radius 1 is 1.18 bits per heavy atom. The summed E-state index contributed by atoms with van der Waals surface area (Å²) in [6.07, 6.45) is 2.37. The van der Waals surface area contributed by atoms with Crippen LogP contribution in [0.2, 0.25) is 0 Å². The number of rotatable bonds is 3. The van der Waals surface area contributed by atoms with E-state index < -0.39 is 7.12 Å². The lowest BCUT2D eigenvalue weighted by atomic mass is 9.74. The fraction of sp³-hybridized carbons (Fsp3) is 0.588. The molecule has 0 bridgehead atoms. The van der Waals surface area contributed by atoms with Gasteiger partial charge in [-0.05, 0) is 69.6 Å². The highest BCUT2D eigenvalue weighted by atomic mass is 16.7. The summed E-state index contributed by atoms with van der Waals surface area (Å²) in [6.45, 7) is 8.14. The minimum absolute atomic E-state index is 0.333. The van der Waals surface area contributed by atoms with Crippen LogP contribution in [-0.4, -0.2) is 31.4 Å². The van der Waals surface area contributed by atoms with Gasteiger partial charge in [-0.25, -0.2) is 4.79 Å². The van der Waals surface area contributed by atoms with Gasteiger partial charge in [0, 0.05) is 0 Å². The summed E-state index contributed by atoms with van der Waals surface area (Å²) >= 11 is 0. The van der Waals surface area contributed by atoms with Crippen LogP contribution in [0.1, 0.15) is 62.4 Å². The topological polar surface area (TPSA) is 44.8 Å². The molecule has 0 radical (unpaired) electrons. The number of benzene rings is 1. The number of ether oxygens (including phenoxy) is 1. The minimum atomic E-state index is -0.440. The third-order valence-corrected chi connectivity index (χ3v) is 5.03. The fourth-order valence-electron chi connectivity index (χ4n) is 2.76. The number of esters is 1. The first-order valence-electron chi connectivity index (χ1n) is 7.83. The van der Waals surface area contributed by atoms with Crippen LogP contribution >= 0.6 is 0 Å². The molecule has 1 heterocycles. The van der Waals surface area contributed by atoms with Crippen LogP contribution in [0.15, 0.2) is 18.2 Å². The molecule has 1 aromatic carbocycles. The molecule has 5 heteroatoms. The van der Waals surface area contributed by atoms with Gasteiger partial charge in [0.1, 0.15) is 0 Å². The van der Waals surface area contributed by atoms with Crippen molar-refractivity contribution in [3.63, 3.8) is 0 Å². The zero-order valence-corrected chi connectivity index (χ0v) is 13.9. The highest BCUT2D eigenvalue weighted by Crippen LogP contribution is 2.41. The predicted octanol–water partition coefficient (Wildman–Crippen LogP) is 2.65. The van der Waals surface area contributed by atoms with Crippen molar-refractivity contribution >= 4 is 18.6 Å². The first-order chi connectivity index (χ1) is 10.2. The Balaban J connectivity index is 2.00. The van der Waals surface area contributed by atoms with E-state index in [0.29, 0.717) is 11.5 Å². The van der Waals surface area contributed by atoms with E-state index in [4.69, 9.17) is 14.0 Å². The summed E-state index contributed by atoms with van der Waals surface area (Å²) < 4.78 is 17.2. The second kappa shape index (κ2) is 5.10. The van der Waals surface area contributed by atoms with E-state index in [9.17, 15) is 4.79 Å². The van der Waals surface area contributed by atoms with Gasteiger partial charge in [0.2, 0.25) is 0 Å². The van der Waals surface area contributed by atoms with E-state index in [2.05, 4.69) is 0 Å². The number of carbonyl (C=O) groups is 1. The summed E-state index contributed by atoms with van der Waals surface area (Å²) in [5, 5.41) is 0. The first-order valence-corrected chi connectivity index (χ1v) is 7.83. The van der Waals surface area contributed by atoms with Crippen molar-refractivity contribution in [1.29, 1.82) is 0 Å². The van der Waals surface area contributed by atoms with Crippen LogP contribution in [0.25, 0.3) is 0 Å². The van der Waals surface area contributed by atoms with Gasteiger partial charge in [-0.15, -0.1) is 0 Å². The number of hydrogen-bond donors (Lipinski definition) is 0. The third kappa shape index (κ3) is 2.57. The Morgan fingerprint density at radius 2 is 1.77 bits per heavy atom. The number of hydrogen-bond acceptors (Lipinski definition) is 4. The van der Waals surface area contributed by atoms with Gasteiger partial charge in [-0.3, -0.25) is 0 Å². The smallest absolute Gasteiger partial charge is 0.465 e. The summed E-state index contributed by atoms with van der Waals surface area (Å²) in [5.74, 6) is 0.223. The highest BCUT2D eigenvalue weighted by Gasteiger charge is 2.52. The second-order valence-corrected chi connectivity index (χ2v) is 7.20. The quantitative estimate of drug-likeness (QED) is 0.636. The van der Waals surface area contributed by atoms with E-state index in [0.717, 1.165) is 5.46 Å². The molecule has 0 N–H and O–H groups in total. The number of methoxy groups -OCH3 is 1. The lowest BCUT2D eigenvalue weighted by Gasteiger charge is -2.32. The highest BCUT2D eigenvalue weighted by molar-refractivity contribution is 6.62. The molecule has 0 unspecified atom stereocenters. The molecular weight excluding hydrogens is 279 g/mol. The molecule has 1 saturated heterocycles. The van der Waals surface area contributed by atoms with Gasteiger partial charge in [0.05, 0.1) is 23.9 Å². The van der Waals surface area contributed by atoms with Gasteiger partial charge < -0.3 is 14.0 Å². The van der Waals surface area contributed by atoms with Crippen molar-refractivity contribution in [2.24, 2.45) is 0 Å². The maximum absolute atomic E-state index is 11.8. The van der Waals surface area contributed by atoms with Crippen molar-refractivity contribution in [2.45, 2.75) is 57.7 Å². The fourth-order valence-corrected chi connectivity index (χ4v) is 2.76. The molecule has 1 aliphatic carbocycles. The number of carbonyl (C=O) groups excluding carboxylic acids is 1. The molecule has 22 heavy (non-hydrogen) atoms. The summed E-state index contributed by atoms with van der Waals surface area (Å²) in [6, 6.07) is 5.71. The molecule has 1 aromatic rings. The van der Waals surface area contributed by atoms with Crippen LogP contribution in [-0.2, 0) is 14.0 Å². The Kier molecular flexibility index (Phi) is 3.61. The van der Waals surface area contributed by atoms with Crippen molar-refractivity contribution in [2.75, 3.05) is 7.11 Å². The van der Waals surface area contributed by atoms with E-state index in [-0.39, 0.29) is 17.2 Å². The summed E-state index contributed by atoms with van der Waals surface area (Å²) in [7, 11) is 0.955. The van der Waals surface area contributed by atoms with Crippen molar-refractivity contribution in [1.82, 2.24) is 0 Å². The summed E-state index contributed by atoms with van der Waals surface area (Å²) in [5.41, 5.74) is 1.95. The van der Waals surface area contributed by atoms with Crippen molar-refractivity contribution in [3.05, 3.63) is 29.3 Å². The van der Waals surface area contributed by atoms with Gasteiger partial charge in [0.25, 0.3) is 0 Å². The molecule has 2 fully saturated rings. The Bertz CT molecular complexity index is 589. The van der Waals surface area contributed by atoms with E-state index in [1.165, 1.54) is 25.5 Å². The maximum atomic E-state index is 11.8. The Labute approximate surface area is 132 Å². The minimum Gasteiger partial charge on any atom is -0.465 e. The summed E-state index contributed by atoms with van der Waals surface area (Å²) in [4.78, 5) is 11.8. The van der Waals surface area contributed by atoms with Gasteiger partial charge in [-0.2, -0.15) is 0 Å². The second-order valence-electron chi connectivity index (χ2n) is 7.20. The van der Waals surface area contributed by atoms with E-state index >= 15 is 0 Å². The molecule has 118 valence electrons. The van der Waals surface area contributed by atoms with Crippen molar-refractivity contribution < 1.29 is 18.8 Å². The normalized spacial score (nSPS) is 22.7. The average Bonchev–Trinajstić information content (AvgIpc) is 3.25. The molecular formula is C17H23BO4. The zero-order chi connectivity index (χ0) is 16.1. The van der Waals surface area contributed by atoms with Gasteiger partial charge >= 0.3 is 13.1 Å². The molecule has 1 aliphatic heterocycles. The molecule has 4 nitrogen and oxygen atoms in total. The lowest BCUT2D eigenvalue weighted by Crippen LogP contribution is -2.41. The lowest BCUT2D eigenvalue weighted by molar-refractivity contribution is 0.00578. The molecule has 0 atom stereocenters. The molecule has 3 rings (SSSR count). The van der Waals surface area contributed by atoms with Crippen LogP contribution in [0.3, 0.4) is 0 Å². The maximum Gasteiger partial charge on any atom is 0.495 e. The largest absolute Gasteiger partial charge is 0.495 e. The molecule has 0 spiro atoms. The van der Waals surface area contributed by atoms with Gasteiger partial charge in [0.15, 0.2) is 0 Å². The predicted molar refractivity (Wildman–Crippen MR) is 85.5 cm³/mol. The Morgan fingerprint density at radius 3 is 2.27 bits per heavy atom. The molecule has 1 saturated carbocycles. The van der Waals surface area contributed by atoms with Gasteiger partial charge in [-0.1, -0.05) is 6.07 Å². The van der Waals surface area contributed by atoms with Crippen LogP contribution in [0, 0.1) is 0 Å². The standard InChI is InChI=1S/C17H23BO4/c1-16(2)17(3,4)22-18(21-16)14-10-12(15(19)20-5)8-9-13(14)11-6-7-11/h8-11H,6-7H2,1-5H3. The van der Waals surface area contributed by atoms with Crippen LogP contribution < -0.4 is 5.46 Å². The molecule has 2 aliphatic rings. The molecule has 0 aromatic heterocycles. The van der Waals surface area contributed by atoms with E-state index in [1.54, 1.807) is 0 Å². The monoisotopic (exact) mass is 302 g/mol. The SMILES string of the molecule is COC(=O)c1ccc(C2CC2)c(B2OC(C)(C)C(C)(C)O2)c1. The van der Waals surface area contributed by atoms with E-state index in [1.807, 2.05) is 45.9 Å². The molecule has 0 amide bonds. The zero-order valence-electron chi connectivity index (χ0n) is 13.9. The van der Waals surface area contributed by atoms with Crippen LogP contribution in [0.5, 0.6) is 0 Å². The van der Waals surface area contributed by atoms with Crippen molar-refractivity contribution in [3.8, 4) is 0 Å².